The van der Waals surface area contributed by atoms with Gasteiger partial charge in [-0.15, -0.1) is 12.4 Å². The normalized spacial score (nSPS) is 24.5. The van der Waals surface area contributed by atoms with Crippen molar-refractivity contribution >= 4 is 18.3 Å². The van der Waals surface area contributed by atoms with Gasteiger partial charge in [0.1, 0.15) is 0 Å². The second-order valence-corrected chi connectivity index (χ2v) is 5.60. The first-order valence-corrected chi connectivity index (χ1v) is 6.83. The second kappa shape index (κ2) is 5.51. The van der Waals surface area contributed by atoms with Crippen LogP contribution in [0.1, 0.15) is 31.2 Å². The first-order chi connectivity index (χ1) is 8.72. The van der Waals surface area contributed by atoms with Crippen LogP contribution >= 0.6 is 12.4 Å². The number of carbonyl (C=O) groups excluding carboxylic acids is 1. The number of likely N-dealkylation sites (tertiary alicyclic amines) is 1. The van der Waals surface area contributed by atoms with Crippen LogP contribution in [0.4, 0.5) is 0 Å². The summed E-state index contributed by atoms with van der Waals surface area (Å²) in [5, 5.41) is 0. The zero-order chi connectivity index (χ0) is 12.6. The van der Waals surface area contributed by atoms with Crippen molar-refractivity contribution in [2.24, 2.45) is 5.73 Å². The van der Waals surface area contributed by atoms with Crippen LogP contribution in [-0.2, 0) is 10.2 Å². The molecule has 2 aliphatic rings. The van der Waals surface area contributed by atoms with Crippen LogP contribution in [0.15, 0.2) is 30.3 Å². The van der Waals surface area contributed by atoms with Gasteiger partial charge in [0, 0.05) is 19.1 Å². The topological polar surface area (TPSA) is 46.3 Å². The van der Waals surface area contributed by atoms with Crippen LogP contribution in [-0.4, -0.2) is 29.9 Å². The van der Waals surface area contributed by atoms with Gasteiger partial charge in [-0.1, -0.05) is 30.3 Å². The lowest BCUT2D eigenvalue weighted by molar-refractivity contribution is -0.135. The first kappa shape index (κ1) is 14.4. The monoisotopic (exact) mass is 280 g/mol. The fraction of sp³-hybridized carbons (Fsp3) is 0.533. The minimum absolute atomic E-state index is 0. The van der Waals surface area contributed by atoms with Gasteiger partial charge in [-0.2, -0.15) is 0 Å². The number of halogens is 1. The lowest BCUT2D eigenvalue weighted by atomic mass is 9.93. The number of amides is 1. The Hall–Kier alpha value is -1.06. The van der Waals surface area contributed by atoms with E-state index in [-0.39, 0.29) is 23.9 Å². The molecule has 0 aromatic heterocycles. The predicted molar refractivity (Wildman–Crippen MR) is 78.4 cm³/mol. The molecule has 1 aliphatic heterocycles. The third-order valence-corrected chi connectivity index (χ3v) is 4.23. The van der Waals surface area contributed by atoms with Crippen LogP contribution < -0.4 is 5.73 Å². The highest BCUT2D eigenvalue weighted by Gasteiger charge is 2.53. The molecule has 1 saturated carbocycles. The molecule has 19 heavy (non-hydrogen) atoms. The third-order valence-electron chi connectivity index (χ3n) is 4.23. The van der Waals surface area contributed by atoms with Gasteiger partial charge in [-0.05, 0) is 31.2 Å². The Balaban J connectivity index is 0.00000133. The van der Waals surface area contributed by atoms with Crippen LogP contribution in [0.25, 0.3) is 0 Å². The minimum atomic E-state index is -0.224. The molecule has 3 nitrogen and oxygen atoms in total. The molecule has 1 aromatic rings. The summed E-state index contributed by atoms with van der Waals surface area (Å²) in [5.74, 6) is 0.295. The van der Waals surface area contributed by atoms with Crippen molar-refractivity contribution in [1.82, 2.24) is 4.90 Å². The van der Waals surface area contributed by atoms with E-state index in [4.69, 9.17) is 5.73 Å². The quantitative estimate of drug-likeness (QED) is 0.902. The van der Waals surface area contributed by atoms with Gasteiger partial charge in [0.25, 0.3) is 0 Å². The second-order valence-electron chi connectivity index (χ2n) is 5.60. The van der Waals surface area contributed by atoms with E-state index in [2.05, 4.69) is 12.1 Å². The average molecular weight is 281 g/mol. The Morgan fingerprint density at radius 3 is 2.53 bits per heavy atom. The molecule has 2 N–H and O–H groups in total. The molecule has 1 heterocycles. The molecule has 1 unspecified atom stereocenters. The standard InChI is InChI=1S/C15H20N2O.ClH/c16-13-7-4-10-17(11-13)14(18)15(8-9-15)12-5-2-1-3-6-12;/h1-3,5-6,13H,4,7-11,16H2;1H. The molecule has 1 aromatic carbocycles. The molecule has 0 bridgehead atoms. The summed E-state index contributed by atoms with van der Waals surface area (Å²) in [7, 11) is 0. The number of nitrogens with zero attached hydrogens (tertiary/aromatic N) is 1. The lowest BCUT2D eigenvalue weighted by Crippen LogP contribution is -2.49. The number of nitrogens with two attached hydrogens (primary N) is 1. The summed E-state index contributed by atoms with van der Waals surface area (Å²) >= 11 is 0. The van der Waals surface area contributed by atoms with E-state index >= 15 is 0 Å². The highest BCUT2D eigenvalue weighted by Crippen LogP contribution is 2.49. The molecule has 1 atom stereocenters. The van der Waals surface area contributed by atoms with Crippen molar-refractivity contribution in [2.75, 3.05) is 13.1 Å². The van der Waals surface area contributed by atoms with Gasteiger partial charge >= 0.3 is 0 Å². The third kappa shape index (κ3) is 2.63. The smallest absolute Gasteiger partial charge is 0.233 e. The molecule has 1 saturated heterocycles. The maximum Gasteiger partial charge on any atom is 0.233 e. The number of piperidine rings is 1. The summed E-state index contributed by atoms with van der Waals surface area (Å²) < 4.78 is 0. The van der Waals surface area contributed by atoms with E-state index in [1.165, 1.54) is 5.56 Å². The highest BCUT2D eigenvalue weighted by atomic mass is 35.5. The maximum atomic E-state index is 12.7. The molecular weight excluding hydrogens is 260 g/mol. The molecule has 104 valence electrons. The minimum Gasteiger partial charge on any atom is -0.340 e. The van der Waals surface area contributed by atoms with Crippen molar-refractivity contribution in [3.63, 3.8) is 0 Å². The van der Waals surface area contributed by atoms with E-state index in [9.17, 15) is 4.79 Å². The SMILES string of the molecule is Cl.NC1CCCN(C(=O)C2(c3ccccc3)CC2)C1. The first-order valence-electron chi connectivity index (χ1n) is 6.83. The predicted octanol–water partition coefficient (Wildman–Crippen LogP) is 2.09. The van der Waals surface area contributed by atoms with Crippen molar-refractivity contribution in [3.05, 3.63) is 35.9 Å². The van der Waals surface area contributed by atoms with Gasteiger partial charge in [0.15, 0.2) is 0 Å². The Bertz CT molecular complexity index is 445. The lowest BCUT2D eigenvalue weighted by Gasteiger charge is -2.33. The summed E-state index contributed by atoms with van der Waals surface area (Å²) in [4.78, 5) is 14.7. The molecule has 1 amide bonds. The van der Waals surface area contributed by atoms with Gasteiger partial charge in [0.2, 0.25) is 5.91 Å². The fourth-order valence-electron chi connectivity index (χ4n) is 3.01. The summed E-state index contributed by atoms with van der Waals surface area (Å²) in [6.07, 6.45) is 4.06. The molecule has 0 spiro atoms. The Morgan fingerprint density at radius 2 is 1.95 bits per heavy atom. The van der Waals surface area contributed by atoms with Gasteiger partial charge < -0.3 is 10.6 Å². The van der Waals surface area contributed by atoms with Crippen LogP contribution in [0, 0.1) is 0 Å². The molecular formula is C15H21ClN2O. The van der Waals surface area contributed by atoms with Crippen molar-refractivity contribution in [3.8, 4) is 0 Å². The van der Waals surface area contributed by atoms with Gasteiger partial charge in [-0.3, -0.25) is 4.79 Å². The van der Waals surface area contributed by atoms with E-state index in [0.717, 1.165) is 38.8 Å². The summed E-state index contributed by atoms with van der Waals surface area (Å²) in [5.41, 5.74) is 6.92. The molecule has 1 aliphatic carbocycles. The summed E-state index contributed by atoms with van der Waals surface area (Å²) in [6, 6.07) is 10.4. The fourth-order valence-corrected chi connectivity index (χ4v) is 3.01. The number of carbonyl (C=O) groups is 1. The van der Waals surface area contributed by atoms with Crippen LogP contribution in [0.5, 0.6) is 0 Å². The maximum absolute atomic E-state index is 12.7. The van der Waals surface area contributed by atoms with Crippen LogP contribution in [0.2, 0.25) is 0 Å². The molecule has 0 radical (unpaired) electrons. The number of rotatable bonds is 2. The zero-order valence-corrected chi connectivity index (χ0v) is 11.9. The van der Waals surface area contributed by atoms with Gasteiger partial charge in [0.05, 0.1) is 5.41 Å². The van der Waals surface area contributed by atoms with Crippen LogP contribution in [0.3, 0.4) is 0 Å². The molecule has 4 heteroatoms. The van der Waals surface area contributed by atoms with Crippen molar-refractivity contribution < 1.29 is 4.79 Å². The number of hydrogen-bond acceptors (Lipinski definition) is 2. The number of benzene rings is 1. The van der Waals surface area contributed by atoms with E-state index in [1.54, 1.807) is 0 Å². The Kier molecular flexibility index (Phi) is 4.16. The molecule has 3 rings (SSSR count). The Labute approximate surface area is 120 Å². The van der Waals surface area contributed by atoms with E-state index in [0.29, 0.717) is 5.91 Å². The van der Waals surface area contributed by atoms with E-state index in [1.807, 2.05) is 23.1 Å². The van der Waals surface area contributed by atoms with Gasteiger partial charge in [-0.25, -0.2) is 0 Å². The average Bonchev–Trinajstić information content (AvgIpc) is 3.20. The van der Waals surface area contributed by atoms with Crippen molar-refractivity contribution in [2.45, 2.75) is 37.1 Å². The largest absolute Gasteiger partial charge is 0.340 e. The van der Waals surface area contributed by atoms with Crippen molar-refractivity contribution in [1.29, 1.82) is 0 Å². The Morgan fingerprint density at radius 1 is 1.26 bits per heavy atom. The summed E-state index contributed by atoms with van der Waals surface area (Å²) in [6.45, 7) is 1.61. The number of hydrogen-bond donors (Lipinski definition) is 1. The molecule has 2 fully saturated rings. The van der Waals surface area contributed by atoms with E-state index < -0.39 is 0 Å². The highest BCUT2D eigenvalue weighted by molar-refractivity contribution is 5.91. The zero-order valence-electron chi connectivity index (χ0n) is 11.0.